The summed E-state index contributed by atoms with van der Waals surface area (Å²) in [6.45, 7) is 0.334. The van der Waals surface area contributed by atoms with Gasteiger partial charge in [-0.15, -0.1) is 11.3 Å². The van der Waals surface area contributed by atoms with Gasteiger partial charge in [0.1, 0.15) is 17.3 Å². The highest BCUT2D eigenvalue weighted by Gasteiger charge is 2.21. The summed E-state index contributed by atoms with van der Waals surface area (Å²) in [7, 11) is 0. The quantitative estimate of drug-likeness (QED) is 0.469. The molecule has 0 aliphatic heterocycles. The van der Waals surface area contributed by atoms with Crippen LogP contribution in [0.3, 0.4) is 0 Å². The zero-order valence-electron chi connectivity index (χ0n) is 15.3. The Morgan fingerprint density at radius 3 is 2.60 bits per heavy atom. The van der Waals surface area contributed by atoms with E-state index in [2.05, 4.69) is 15.1 Å². The van der Waals surface area contributed by atoms with E-state index in [1.807, 2.05) is 17.5 Å². The highest BCUT2D eigenvalue weighted by molar-refractivity contribution is 7.09. The van der Waals surface area contributed by atoms with E-state index >= 15 is 0 Å². The molecule has 0 fully saturated rings. The van der Waals surface area contributed by atoms with Gasteiger partial charge >= 0.3 is 5.69 Å². The summed E-state index contributed by atoms with van der Waals surface area (Å²) in [6.07, 6.45) is 2.23. The molecule has 0 radical (unpaired) electrons. The molecule has 0 spiro atoms. The van der Waals surface area contributed by atoms with Gasteiger partial charge in [-0.25, -0.2) is 9.78 Å². The Hall–Kier alpha value is -2.78. The van der Waals surface area contributed by atoms with Crippen LogP contribution in [0.2, 0.25) is 10.0 Å². The van der Waals surface area contributed by atoms with Gasteiger partial charge < -0.3 is 4.74 Å². The van der Waals surface area contributed by atoms with E-state index in [0.717, 1.165) is 21.4 Å². The van der Waals surface area contributed by atoms with Crippen molar-refractivity contribution in [3.8, 4) is 5.69 Å². The number of nitrogens with zero attached hydrogens (tertiary/aromatic N) is 3. The third-order valence-electron chi connectivity index (χ3n) is 4.23. The van der Waals surface area contributed by atoms with Crippen molar-refractivity contribution in [2.75, 3.05) is 0 Å². The predicted octanol–water partition coefficient (Wildman–Crippen LogP) is 3.99. The van der Waals surface area contributed by atoms with Crippen molar-refractivity contribution in [3.63, 3.8) is 0 Å². The van der Waals surface area contributed by atoms with Crippen LogP contribution >= 0.6 is 34.5 Å². The van der Waals surface area contributed by atoms with Crippen LogP contribution in [-0.2, 0) is 11.3 Å². The summed E-state index contributed by atoms with van der Waals surface area (Å²) in [6, 6.07) is 12.4. The number of H-pyrrole nitrogens is 1. The van der Waals surface area contributed by atoms with Gasteiger partial charge in [-0.1, -0.05) is 41.4 Å². The fraction of sp³-hybridized carbons (Fsp3) is 0.100. The fourth-order valence-electron chi connectivity index (χ4n) is 2.82. The van der Waals surface area contributed by atoms with Crippen LogP contribution in [-0.4, -0.2) is 19.7 Å². The van der Waals surface area contributed by atoms with Gasteiger partial charge in [-0.3, -0.25) is 9.78 Å². The van der Waals surface area contributed by atoms with Crippen LogP contribution in [0.25, 0.3) is 5.69 Å². The number of rotatable bonds is 6. The Bertz CT molecular complexity index is 1270. The van der Waals surface area contributed by atoms with Crippen molar-refractivity contribution >= 4 is 34.5 Å². The highest BCUT2D eigenvalue weighted by Crippen LogP contribution is 2.34. The fourth-order valence-corrected chi connectivity index (χ4v) is 3.92. The molecule has 1 N–H and O–H groups in total. The third kappa shape index (κ3) is 4.52. The molecule has 0 bridgehead atoms. The Labute approximate surface area is 184 Å². The number of hydrogen-bond acceptors (Lipinski definition) is 6. The van der Waals surface area contributed by atoms with Crippen molar-refractivity contribution in [3.05, 3.63) is 107 Å². The molecule has 152 valence electrons. The number of halogens is 2. The zero-order chi connectivity index (χ0) is 21.1. The average molecular weight is 461 g/mol. The number of hydrogen-bond donors (Lipinski definition) is 1. The molecule has 2 heterocycles. The summed E-state index contributed by atoms with van der Waals surface area (Å²) >= 11 is 13.9. The SMILES string of the molecule is O=c1cnn(-c2ccc(C(OCc3ccc(Cl)cc3)c3nccs3)c(Cl)c2)c(=O)[nH]1. The van der Waals surface area contributed by atoms with E-state index in [9.17, 15) is 9.59 Å². The first kappa shape index (κ1) is 20.5. The van der Waals surface area contributed by atoms with E-state index in [4.69, 9.17) is 27.9 Å². The zero-order valence-corrected chi connectivity index (χ0v) is 17.6. The molecule has 30 heavy (non-hydrogen) atoms. The summed E-state index contributed by atoms with van der Waals surface area (Å²) in [5.74, 6) is 0. The van der Waals surface area contributed by atoms with Crippen LogP contribution in [0.4, 0.5) is 0 Å². The van der Waals surface area contributed by atoms with Crippen LogP contribution in [0.15, 0.2) is 69.8 Å². The minimum atomic E-state index is -0.651. The third-order valence-corrected chi connectivity index (χ3v) is 5.63. The first-order chi connectivity index (χ1) is 14.5. The lowest BCUT2D eigenvalue weighted by atomic mass is 10.1. The molecule has 0 aliphatic rings. The Kier molecular flexibility index (Phi) is 6.10. The van der Waals surface area contributed by atoms with Crippen molar-refractivity contribution in [1.29, 1.82) is 0 Å². The van der Waals surface area contributed by atoms with E-state index < -0.39 is 17.4 Å². The number of thiazole rings is 1. The second kappa shape index (κ2) is 8.93. The maximum Gasteiger partial charge on any atom is 0.349 e. The van der Waals surface area contributed by atoms with Gasteiger partial charge in [-0.2, -0.15) is 9.78 Å². The normalized spacial score (nSPS) is 12.1. The van der Waals surface area contributed by atoms with E-state index in [0.29, 0.717) is 27.9 Å². The lowest BCUT2D eigenvalue weighted by molar-refractivity contribution is 0.0666. The van der Waals surface area contributed by atoms with Gasteiger partial charge in [0.2, 0.25) is 0 Å². The Morgan fingerprint density at radius 1 is 1.13 bits per heavy atom. The minimum Gasteiger partial charge on any atom is -0.362 e. The molecule has 1 atom stereocenters. The largest absolute Gasteiger partial charge is 0.362 e. The molecule has 4 aromatic rings. The number of benzene rings is 2. The van der Waals surface area contributed by atoms with Crippen LogP contribution in [0, 0.1) is 0 Å². The predicted molar refractivity (Wildman–Crippen MR) is 116 cm³/mol. The lowest BCUT2D eigenvalue weighted by Crippen LogP contribution is -2.30. The minimum absolute atomic E-state index is 0.334. The number of ether oxygens (including phenoxy) is 1. The smallest absolute Gasteiger partial charge is 0.349 e. The number of aromatic nitrogens is 4. The Balaban J connectivity index is 1.66. The molecule has 2 aromatic carbocycles. The topological polar surface area (TPSA) is 89.9 Å². The molecule has 0 saturated heterocycles. The average Bonchev–Trinajstić information content (AvgIpc) is 3.25. The summed E-state index contributed by atoms with van der Waals surface area (Å²) in [5.41, 5.74) is 0.847. The second-order valence-corrected chi connectivity index (χ2v) is 8.01. The highest BCUT2D eigenvalue weighted by atomic mass is 35.5. The summed E-state index contributed by atoms with van der Waals surface area (Å²) in [5, 5.41) is 7.49. The van der Waals surface area contributed by atoms with E-state index in [-0.39, 0.29) is 0 Å². The second-order valence-electron chi connectivity index (χ2n) is 6.24. The summed E-state index contributed by atoms with van der Waals surface area (Å²) < 4.78 is 7.21. The standard InChI is InChI=1S/C20H14Cl2N4O3S/c21-13-3-1-12(2-4-13)11-29-18(19-23-7-8-30-19)15-6-5-14(9-16(15)22)26-20(28)25-17(27)10-24-26/h1-10,18H,11H2,(H,25,27,28). The monoisotopic (exact) mass is 460 g/mol. The summed E-state index contributed by atoms with van der Waals surface area (Å²) in [4.78, 5) is 29.8. The van der Waals surface area contributed by atoms with Crippen molar-refractivity contribution in [2.24, 2.45) is 0 Å². The van der Waals surface area contributed by atoms with Gasteiger partial charge in [0.05, 0.1) is 12.3 Å². The molecule has 10 heteroatoms. The van der Waals surface area contributed by atoms with Gasteiger partial charge in [0.25, 0.3) is 5.56 Å². The van der Waals surface area contributed by atoms with Crippen LogP contribution < -0.4 is 11.2 Å². The molecule has 2 aromatic heterocycles. The van der Waals surface area contributed by atoms with Gasteiger partial charge in [0.15, 0.2) is 0 Å². The van der Waals surface area contributed by atoms with Crippen molar-refractivity contribution < 1.29 is 4.74 Å². The molecule has 0 amide bonds. The molecule has 1 unspecified atom stereocenters. The molecule has 0 aliphatic carbocycles. The first-order valence-electron chi connectivity index (χ1n) is 8.75. The maximum atomic E-state index is 12.0. The van der Waals surface area contributed by atoms with E-state index in [1.165, 1.54) is 11.3 Å². The Morgan fingerprint density at radius 2 is 1.93 bits per heavy atom. The van der Waals surface area contributed by atoms with Crippen molar-refractivity contribution in [1.82, 2.24) is 19.7 Å². The van der Waals surface area contributed by atoms with Crippen LogP contribution in [0.1, 0.15) is 22.2 Å². The maximum absolute atomic E-state index is 12.0. The molecular weight excluding hydrogens is 447 g/mol. The van der Waals surface area contributed by atoms with Crippen molar-refractivity contribution in [2.45, 2.75) is 12.7 Å². The van der Waals surface area contributed by atoms with Gasteiger partial charge in [-0.05, 0) is 29.8 Å². The number of nitrogens with one attached hydrogen (secondary N) is 1. The molecule has 7 nitrogen and oxygen atoms in total. The number of aromatic amines is 1. The molecule has 4 rings (SSSR count). The lowest BCUT2D eigenvalue weighted by Gasteiger charge is -2.18. The first-order valence-corrected chi connectivity index (χ1v) is 10.4. The molecular formula is C20H14Cl2N4O3S. The van der Waals surface area contributed by atoms with Crippen LogP contribution in [0.5, 0.6) is 0 Å². The van der Waals surface area contributed by atoms with E-state index in [1.54, 1.807) is 36.5 Å². The van der Waals surface area contributed by atoms with Gasteiger partial charge in [0, 0.05) is 27.2 Å². The molecule has 0 saturated carbocycles.